The lowest BCUT2D eigenvalue weighted by Gasteiger charge is -2.10. The molecule has 0 amide bonds. The fourth-order valence-corrected chi connectivity index (χ4v) is 1.38. The average Bonchev–Trinajstić information content (AvgIpc) is 2.38. The molecule has 0 aliphatic heterocycles. The maximum absolute atomic E-state index is 12.6. The van der Waals surface area contributed by atoms with Gasteiger partial charge in [-0.1, -0.05) is 30.3 Å². The van der Waals surface area contributed by atoms with Crippen molar-refractivity contribution in [3.8, 4) is 11.4 Å². The Balaban J connectivity index is 2.55. The normalized spacial score (nSPS) is 11.3. The van der Waals surface area contributed by atoms with E-state index in [0.29, 0.717) is 5.56 Å². The van der Waals surface area contributed by atoms with Gasteiger partial charge in [0.15, 0.2) is 11.5 Å². The van der Waals surface area contributed by atoms with Crippen molar-refractivity contribution in [3.05, 3.63) is 42.1 Å². The summed E-state index contributed by atoms with van der Waals surface area (Å²) in [5, 5.41) is 0. The molecule has 2 rings (SSSR count). The minimum Gasteiger partial charge on any atom is -0.308 e. The van der Waals surface area contributed by atoms with Gasteiger partial charge in [-0.2, -0.15) is 13.2 Å². The number of halogens is 3. The van der Waals surface area contributed by atoms with Crippen LogP contribution in [0.15, 0.2) is 36.4 Å². The van der Waals surface area contributed by atoms with Gasteiger partial charge in [0.25, 0.3) is 0 Å². The second-order valence-electron chi connectivity index (χ2n) is 3.47. The summed E-state index contributed by atoms with van der Waals surface area (Å²) in [6.07, 6.45) is -4.54. The van der Waals surface area contributed by atoms with E-state index in [9.17, 15) is 13.2 Å². The predicted octanol–water partition coefficient (Wildman–Crippen LogP) is 2.45. The molecule has 0 aliphatic carbocycles. The van der Waals surface area contributed by atoms with Gasteiger partial charge >= 0.3 is 6.18 Å². The van der Waals surface area contributed by atoms with Gasteiger partial charge in [0.1, 0.15) is 5.82 Å². The van der Waals surface area contributed by atoms with Gasteiger partial charge in [-0.25, -0.2) is 15.8 Å². The van der Waals surface area contributed by atoms with Crippen LogP contribution < -0.4 is 11.3 Å². The van der Waals surface area contributed by atoms with Crippen LogP contribution in [0.2, 0.25) is 0 Å². The Bertz CT molecular complexity index is 540. The number of alkyl halides is 3. The van der Waals surface area contributed by atoms with E-state index < -0.39 is 11.9 Å². The first-order valence-corrected chi connectivity index (χ1v) is 4.99. The minimum atomic E-state index is -4.54. The highest BCUT2D eigenvalue weighted by molar-refractivity contribution is 5.57. The van der Waals surface area contributed by atoms with Crippen LogP contribution in [0.3, 0.4) is 0 Å². The summed E-state index contributed by atoms with van der Waals surface area (Å²) in [6.45, 7) is 0. The van der Waals surface area contributed by atoms with E-state index in [1.54, 1.807) is 30.3 Å². The fourth-order valence-electron chi connectivity index (χ4n) is 1.38. The molecular formula is C11H9F3N4. The van der Waals surface area contributed by atoms with Crippen LogP contribution in [0.5, 0.6) is 0 Å². The molecule has 0 unspecified atom stereocenters. The lowest BCUT2D eigenvalue weighted by atomic mass is 10.2. The Hall–Kier alpha value is -2.15. The van der Waals surface area contributed by atoms with E-state index >= 15 is 0 Å². The first kappa shape index (κ1) is 12.3. The number of nitrogens with one attached hydrogen (secondary N) is 1. The van der Waals surface area contributed by atoms with E-state index in [-0.39, 0.29) is 11.6 Å². The first-order valence-electron chi connectivity index (χ1n) is 4.99. The van der Waals surface area contributed by atoms with Crippen molar-refractivity contribution in [3.63, 3.8) is 0 Å². The van der Waals surface area contributed by atoms with Gasteiger partial charge in [-0.3, -0.25) is 0 Å². The summed E-state index contributed by atoms with van der Waals surface area (Å²) in [7, 11) is 0. The number of benzene rings is 1. The first-order chi connectivity index (χ1) is 8.50. The van der Waals surface area contributed by atoms with Crippen molar-refractivity contribution in [1.29, 1.82) is 0 Å². The van der Waals surface area contributed by atoms with Crippen molar-refractivity contribution in [2.45, 2.75) is 6.18 Å². The zero-order chi connectivity index (χ0) is 13.2. The Morgan fingerprint density at radius 2 is 1.72 bits per heavy atom. The summed E-state index contributed by atoms with van der Waals surface area (Å²) < 4.78 is 37.9. The van der Waals surface area contributed by atoms with Gasteiger partial charge in [0.2, 0.25) is 0 Å². The molecule has 0 spiro atoms. The van der Waals surface area contributed by atoms with Crippen LogP contribution in [0.1, 0.15) is 5.69 Å². The van der Waals surface area contributed by atoms with Crippen LogP contribution >= 0.6 is 0 Å². The van der Waals surface area contributed by atoms with Crippen LogP contribution in [0.4, 0.5) is 19.0 Å². The Morgan fingerprint density at radius 3 is 2.28 bits per heavy atom. The zero-order valence-electron chi connectivity index (χ0n) is 9.07. The molecule has 2 aromatic rings. The number of anilines is 1. The molecular weight excluding hydrogens is 245 g/mol. The Kier molecular flexibility index (Phi) is 3.15. The molecule has 0 saturated carbocycles. The van der Waals surface area contributed by atoms with Crippen molar-refractivity contribution in [2.24, 2.45) is 5.84 Å². The monoisotopic (exact) mass is 254 g/mol. The number of nitrogens with two attached hydrogens (primary N) is 1. The van der Waals surface area contributed by atoms with E-state index in [4.69, 9.17) is 5.84 Å². The van der Waals surface area contributed by atoms with Crippen LogP contribution in [0, 0.1) is 0 Å². The van der Waals surface area contributed by atoms with Crippen molar-refractivity contribution in [2.75, 3.05) is 5.43 Å². The standard InChI is InChI=1S/C11H9F3N4/c12-11(13,14)8-6-9(18-15)17-10(16-8)7-4-2-1-3-5-7/h1-6H,15H2,(H,16,17,18). The van der Waals surface area contributed by atoms with Gasteiger partial charge in [0.05, 0.1) is 0 Å². The van der Waals surface area contributed by atoms with Gasteiger partial charge < -0.3 is 5.43 Å². The topological polar surface area (TPSA) is 63.8 Å². The van der Waals surface area contributed by atoms with Crippen molar-refractivity contribution < 1.29 is 13.2 Å². The maximum Gasteiger partial charge on any atom is 0.433 e. The molecule has 4 nitrogen and oxygen atoms in total. The lowest BCUT2D eigenvalue weighted by molar-refractivity contribution is -0.141. The van der Waals surface area contributed by atoms with Gasteiger partial charge in [-0.15, -0.1) is 0 Å². The molecule has 0 fully saturated rings. The third kappa shape index (κ3) is 2.57. The molecule has 0 bridgehead atoms. The van der Waals surface area contributed by atoms with E-state index in [0.717, 1.165) is 6.07 Å². The summed E-state index contributed by atoms with van der Waals surface area (Å²) >= 11 is 0. The largest absolute Gasteiger partial charge is 0.433 e. The molecule has 1 heterocycles. The second-order valence-corrected chi connectivity index (χ2v) is 3.47. The molecule has 94 valence electrons. The molecule has 0 radical (unpaired) electrons. The Morgan fingerprint density at radius 1 is 1.06 bits per heavy atom. The highest BCUT2D eigenvalue weighted by Crippen LogP contribution is 2.30. The quantitative estimate of drug-likeness (QED) is 0.638. The lowest BCUT2D eigenvalue weighted by Crippen LogP contribution is -2.14. The summed E-state index contributed by atoms with van der Waals surface area (Å²) in [6, 6.07) is 9.13. The molecule has 18 heavy (non-hydrogen) atoms. The molecule has 7 heteroatoms. The highest BCUT2D eigenvalue weighted by Gasteiger charge is 2.33. The average molecular weight is 254 g/mol. The number of hydrogen-bond donors (Lipinski definition) is 2. The molecule has 0 saturated heterocycles. The number of nitrogens with zero attached hydrogens (tertiary/aromatic N) is 2. The number of hydrogen-bond acceptors (Lipinski definition) is 4. The van der Waals surface area contributed by atoms with E-state index in [1.165, 1.54) is 0 Å². The fraction of sp³-hybridized carbons (Fsp3) is 0.0909. The number of rotatable bonds is 2. The minimum absolute atomic E-state index is 0.0293. The SMILES string of the molecule is NNc1cc(C(F)(F)F)nc(-c2ccccc2)n1. The van der Waals surface area contributed by atoms with E-state index in [1.807, 2.05) is 0 Å². The van der Waals surface area contributed by atoms with Crippen molar-refractivity contribution in [1.82, 2.24) is 9.97 Å². The van der Waals surface area contributed by atoms with Gasteiger partial charge in [0, 0.05) is 11.6 Å². The second kappa shape index (κ2) is 4.61. The third-order valence-corrected chi connectivity index (χ3v) is 2.20. The molecule has 1 aromatic heterocycles. The van der Waals surface area contributed by atoms with E-state index in [2.05, 4.69) is 15.4 Å². The number of hydrazine groups is 1. The predicted molar refractivity (Wildman–Crippen MR) is 60.3 cm³/mol. The maximum atomic E-state index is 12.6. The number of nitrogen functional groups attached to an aromatic ring is 1. The summed E-state index contributed by atoms with van der Waals surface area (Å²) in [5.74, 6) is 4.99. The highest BCUT2D eigenvalue weighted by atomic mass is 19.4. The van der Waals surface area contributed by atoms with Crippen LogP contribution in [-0.2, 0) is 6.18 Å². The zero-order valence-corrected chi connectivity index (χ0v) is 9.07. The van der Waals surface area contributed by atoms with Crippen LogP contribution in [-0.4, -0.2) is 9.97 Å². The number of aromatic nitrogens is 2. The smallest absolute Gasteiger partial charge is 0.308 e. The summed E-state index contributed by atoms with van der Waals surface area (Å²) in [5.41, 5.74) is 1.55. The molecule has 0 atom stereocenters. The summed E-state index contributed by atoms with van der Waals surface area (Å²) in [4.78, 5) is 7.38. The van der Waals surface area contributed by atoms with Crippen LogP contribution in [0.25, 0.3) is 11.4 Å². The van der Waals surface area contributed by atoms with Crippen molar-refractivity contribution >= 4 is 5.82 Å². The molecule has 3 N–H and O–H groups in total. The van der Waals surface area contributed by atoms with Gasteiger partial charge in [-0.05, 0) is 0 Å². The molecule has 1 aromatic carbocycles. The molecule has 0 aliphatic rings. The third-order valence-electron chi connectivity index (χ3n) is 2.20. The Labute approximate surface area is 101 Å².